The fraction of sp³-hybridized carbons (Fsp3) is 0.250. The molecule has 0 atom stereocenters. The molecule has 1 rings (SSSR count). The standard InChI is InChI=1S/C8H12O4P/c9-13(10,11)7-6-12-8-4-2-1-3-5-8/h1-5,9-11H,6-7H2/q+1. The fourth-order valence-corrected chi connectivity index (χ4v) is 1.14. The van der Waals surface area contributed by atoms with E-state index in [1.807, 2.05) is 18.2 Å². The molecular weight excluding hydrogens is 191 g/mol. The zero-order valence-electron chi connectivity index (χ0n) is 7.00. The highest BCUT2D eigenvalue weighted by atomic mass is 31.2. The molecule has 0 radical (unpaired) electrons. The minimum atomic E-state index is -3.68. The number of hydrogen-bond donors (Lipinski definition) is 3. The second-order valence-electron chi connectivity index (χ2n) is 2.58. The Morgan fingerprint density at radius 3 is 2.23 bits per heavy atom. The van der Waals surface area contributed by atoms with Crippen LogP contribution in [0.15, 0.2) is 30.3 Å². The first-order chi connectivity index (χ1) is 6.08. The Morgan fingerprint density at radius 1 is 1.08 bits per heavy atom. The minimum Gasteiger partial charge on any atom is -0.489 e. The van der Waals surface area contributed by atoms with Crippen LogP contribution in [0.1, 0.15) is 0 Å². The van der Waals surface area contributed by atoms with E-state index >= 15 is 0 Å². The first-order valence-corrected chi connectivity index (χ1v) is 5.65. The third-order valence-electron chi connectivity index (χ3n) is 1.40. The second-order valence-corrected chi connectivity index (χ2v) is 4.41. The summed E-state index contributed by atoms with van der Waals surface area (Å²) >= 11 is 0. The summed E-state index contributed by atoms with van der Waals surface area (Å²) in [6.45, 7) is 0.0985. The summed E-state index contributed by atoms with van der Waals surface area (Å²) in [5.74, 6) is 0.649. The minimum absolute atomic E-state index is 0.0985. The quantitative estimate of drug-likeness (QED) is 0.633. The van der Waals surface area contributed by atoms with Crippen molar-refractivity contribution >= 4 is 7.94 Å². The molecule has 0 aromatic heterocycles. The Kier molecular flexibility index (Phi) is 3.63. The summed E-state index contributed by atoms with van der Waals surface area (Å²) in [5.41, 5.74) is 0. The second kappa shape index (κ2) is 4.53. The van der Waals surface area contributed by atoms with E-state index in [2.05, 4.69) is 0 Å². The van der Waals surface area contributed by atoms with Gasteiger partial charge in [-0.15, -0.1) is 0 Å². The molecule has 0 bridgehead atoms. The van der Waals surface area contributed by atoms with Crippen molar-refractivity contribution < 1.29 is 19.4 Å². The van der Waals surface area contributed by atoms with E-state index in [0.29, 0.717) is 5.75 Å². The molecule has 0 heterocycles. The third kappa shape index (κ3) is 4.80. The first kappa shape index (κ1) is 10.4. The first-order valence-electron chi connectivity index (χ1n) is 3.82. The lowest BCUT2D eigenvalue weighted by molar-refractivity contribution is 0.294. The SMILES string of the molecule is O[P+](O)(O)CCOc1ccccc1. The molecular formula is C8H12O4P+. The molecule has 0 aliphatic rings. The van der Waals surface area contributed by atoms with Crippen molar-refractivity contribution in [2.24, 2.45) is 0 Å². The summed E-state index contributed by atoms with van der Waals surface area (Å²) in [6.07, 6.45) is -0.137. The van der Waals surface area contributed by atoms with Crippen LogP contribution < -0.4 is 4.74 Å². The van der Waals surface area contributed by atoms with E-state index < -0.39 is 7.94 Å². The van der Waals surface area contributed by atoms with Crippen LogP contribution in [0.25, 0.3) is 0 Å². The summed E-state index contributed by atoms with van der Waals surface area (Å²) in [7, 11) is -3.68. The number of para-hydroxylation sites is 1. The number of ether oxygens (including phenoxy) is 1. The molecule has 0 saturated carbocycles. The van der Waals surface area contributed by atoms with Crippen LogP contribution in [0.4, 0.5) is 0 Å². The van der Waals surface area contributed by atoms with Crippen LogP contribution in [-0.2, 0) is 0 Å². The predicted octanol–water partition coefficient (Wildman–Crippen LogP) is 0.805. The molecule has 0 unspecified atom stereocenters. The highest BCUT2D eigenvalue weighted by Gasteiger charge is 2.29. The highest BCUT2D eigenvalue weighted by Crippen LogP contribution is 2.43. The van der Waals surface area contributed by atoms with Gasteiger partial charge in [0, 0.05) is 0 Å². The van der Waals surface area contributed by atoms with Crippen LogP contribution in [-0.4, -0.2) is 27.4 Å². The maximum Gasteiger partial charge on any atom is 0.407 e. The molecule has 0 aliphatic carbocycles. The van der Waals surface area contributed by atoms with Crippen LogP contribution in [0.5, 0.6) is 5.75 Å². The van der Waals surface area contributed by atoms with Crippen LogP contribution in [0.2, 0.25) is 0 Å². The van der Waals surface area contributed by atoms with Gasteiger partial charge in [0.2, 0.25) is 0 Å². The average Bonchev–Trinajstić information content (AvgIpc) is 2.04. The molecule has 4 nitrogen and oxygen atoms in total. The summed E-state index contributed by atoms with van der Waals surface area (Å²) in [5, 5.41) is 0. The molecule has 0 aliphatic heterocycles. The monoisotopic (exact) mass is 203 g/mol. The van der Waals surface area contributed by atoms with Crippen molar-refractivity contribution in [2.75, 3.05) is 12.8 Å². The molecule has 0 saturated heterocycles. The zero-order chi connectivity index (χ0) is 9.73. The lowest BCUT2D eigenvalue weighted by Crippen LogP contribution is -2.06. The predicted molar refractivity (Wildman–Crippen MR) is 50.4 cm³/mol. The maximum atomic E-state index is 8.64. The van der Waals surface area contributed by atoms with Crippen LogP contribution in [0.3, 0.4) is 0 Å². The number of rotatable bonds is 4. The van der Waals surface area contributed by atoms with Gasteiger partial charge in [-0.1, -0.05) is 18.2 Å². The molecule has 72 valence electrons. The molecule has 13 heavy (non-hydrogen) atoms. The van der Waals surface area contributed by atoms with E-state index in [0.717, 1.165) is 0 Å². The molecule has 1 aromatic carbocycles. The van der Waals surface area contributed by atoms with E-state index in [1.165, 1.54) is 0 Å². The van der Waals surface area contributed by atoms with Crippen molar-refractivity contribution in [2.45, 2.75) is 0 Å². The van der Waals surface area contributed by atoms with Crippen molar-refractivity contribution in [3.05, 3.63) is 30.3 Å². The Labute approximate surface area is 77.0 Å². The fourth-order valence-electron chi connectivity index (χ4n) is 0.803. The van der Waals surface area contributed by atoms with Gasteiger partial charge in [-0.25, -0.2) is 0 Å². The Hall–Kier alpha value is -0.670. The Balaban J connectivity index is 2.29. The van der Waals surface area contributed by atoms with E-state index in [9.17, 15) is 0 Å². The van der Waals surface area contributed by atoms with E-state index in [-0.39, 0.29) is 12.8 Å². The van der Waals surface area contributed by atoms with Gasteiger partial charge in [0.25, 0.3) is 0 Å². The topological polar surface area (TPSA) is 69.9 Å². The largest absolute Gasteiger partial charge is 0.489 e. The van der Waals surface area contributed by atoms with Crippen molar-refractivity contribution in [1.29, 1.82) is 0 Å². The van der Waals surface area contributed by atoms with E-state index in [4.69, 9.17) is 19.4 Å². The molecule has 3 N–H and O–H groups in total. The number of benzene rings is 1. The smallest absolute Gasteiger partial charge is 0.407 e. The Bertz CT molecular complexity index is 244. The van der Waals surface area contributed by atoms with Crippen molar-refractivity contribution in [3.8, 4) is 5.75 Å². The van der Waals surface area contributed by atoms with Crippen molar-refractivity contribution in [1.82, 2.24) is 0 Å². The molecule has 0 fully saturated rings. The molecule has 5 heteroatoms. The van der Waals surface area contributed by atoms with Gasteiger partial charge in [-0.2, -0.15) is 14.7 Å². The maximum absolute atomic E-state index is 8.64. The summed E-state index contributed by atoms with van der Waals surface area (Å²) < 4.78 is 5.13. The van der Waals surface area contributed by atoms with Gasteiger partial charge >= 0.3 is 7.94 Å². The lowest BCUT2D eigenvalue weighted by Gasteiger charge is -2.06. The van der Waals surface area contributed by atoms with Gasteiger partial charge in [0.15, 0.2) is 6.16 Å². The normalized spacial score (nSPS) is 11.3. The third-order valence-corrected chi connectivity index (χ3v) is 2.19. The van der Waals surface area contributed by atoms with Gasteiger partial charge < -0.3 is 4.74 Å². The van der Waals surface area contributed by atoms with Crippen LogP contribution in [0, 0.1) is 0 Å². The van der Waals surface area contributed by atoms with Crippen LogP contribution >= 0.6 is 7.94 Å². The average molecular weight is 203 g/mol. The van der Waals surface area contributed by atoms with Gasteiger partial charge in [0.1, 0.15) is 12.4 Å². The molecule has 1 aromatic rings. The van der Waals surface area contributed by atoms with E-state index in [1.54, 1.807) is 12.1 Å². The van der Waals surface area contributed by atoms with Gasteiger partial charge in [0.05, 0.1) is 0 Å². The lowest BCUT2D eigenvalue weighted by atomic mass is 10.3. The van der Waals surface area contributed by atoms with Crippen molar-refractivity contribution in [3.63, 3.8) is 0 Å². The zero-order valence-corrected chi connectivity index (χ0v) is 7.89. The molecule has 0 spiro atoms. The Morgan fingerprint density at radius 2 is 1.69 bits per heavy atom. The summed E-state index contributed by atoms with van der Waals surface area (Å²) in [6, 6.07) is 9.00. The van der Waals surface area contributed by atoms with Gasteiger partial charge in [-0.05, 0) is 12.1 Å². The van der Waals surface area contributed by atoms with Gasteiger partial charge in [-0.3, -0.25) is 0 Å². The number of hydrogen-bond acceptors (Lipinski definition) is 4. The summed E-state index contributed by atoms with van der Waals surface area (Å²) in [4.78, 5) is 25.9. The molecule has 0 amide bonds. The highest BCUT2D eigenvalue weighted by molar-refractivity contribution is 7.58.